The number of hydrogen-bond acceptors (Lipinski definition) is 4. The predicted molar refractivity (Wildman–Crippen MR) is 98.9 cm³/mol. The van der Waals surface area contributed by atoms with E-state index >= 15 is 0 Å². The topological polar surface area (TPSA) is 54.5 Å². The first-order valence-corrected chi connectivity index (χ1v) is 8.88. The van der Waals surface area contributed by atoms with E-state index in [2.05, 4.69) is 10.3 Å². The van der Waals surface area contributed by atoms with Gasteiger partial charge in [-0.1, -0.05) is 25.0 Å². The summed E-state index contributed by atoms with van der Waals surface area (Å²) in [5.41, 5.74) is 2.59. The van der Waals surface area contributed by atoms with Crippen molar-refractivity contribution < 1.29 is 9.53 Å². The first-order chi connectivity index (χ1) is 12.3. The minimum absolute atomic E-state index is 0.0450. The molecular weight excluding hydrogens is 314 g/mol. The van der Waals surface area contributed by atoms with E-state index in [1.807, 2.05) is 41.3 Å². The number of carbonyl (C=O) groups excluding carboxylic acids is 1. The van der Waals surface area contributed by atoms with Gasteiger partial charge in [-0.25, -0.2) is 4.98 Å². The minimum atomic E-state index is 0.0450. The molecule has 132 valence electrons. The van der Waals surface area contributed by atoms with Crippen molar-refractivity contribution in [2.75, 3.05) is 25.5 Å². The van der Waals surface area contributed by atoms with Crippen LogP contribution in [0.15, 0.2) is 42.6 Å². The summed E-state index contributed by atoms with van der Waals surface area (Å²) in [7, 11) is 1.66. The Morgan fingerprint density at radius 3 is 2.40 bits per heavy atom. The molecular formula is C20H25N3O2. The summed E-state index contributed by atoms with van der Waals surface area (Å²) in [5.74, 6) is 0.894. The summed E-state index contributed by atoms with van der Waals surface area (Å²) in [5, 5.41) is 3.33. The zero-order valence-electron chi connectivity index (χ0n) is 14.7. The Kier molecular flexibility index (Phi) is 5.88. The van der Waals surface area contributed by atoms with Crippen LogP contribution >= 0.6 is 0 Å². The lowest BCUT2D eigenvalue weighted by atomic mass is 10.2. The second-order valence-corrected chi connectivity index (χ2v) is 6.34. The van der Waals surface area contributed by atoms with Crippen molar-refractivity contribution in [3.63, 3.8) is 0 Å². The summed E-state index contributed by atoms with van der Waals surface area (Å²) in [6.45, 7) is 2.39. The molecule has 1 amide bonds. The average Bonchev–Trinajstić information content (AvgIpc) is 2.96. The minimum Gasteiger partial charge on any atom is -0.497 e. The number of anilines is 1. The molecule has 5 heteroatoms. The molecule has 1 aromatic carbocycles. The fourth-order valence-electron chi connectivity index (χ4n) is 3.01. The van der Waals surface area contributed by atoms with Crippen molar-refractivity contribution in [3.8, 4) is 5.75 Å². The SMILES string of the molecule is COc1ccc(CNc2ccc(C(=O)N3CCCCCC3)nc2)cc1. The molecule has 0 saturated carbocycles. The van der Waals surface area contributed by atoms with E-state index in [-0.39, 0.29) is 5.91 Å². The van der Waals surface area contributed by atoms with Gasteiger partial charge in [0, 0.05) is 19.6 Å². The van der Waals surface area contributed by atoms with E-state index in [0.29, 0.717) is 12.2 Å². The van der Waals surface area contributed by atoms with Gasteiger partial charge in [0.1, 0.15) is 11.4 Å². The molecule has 2 aromatic rings. The number of rotatable bonds is 5. The van der Waals surface area contributed by atoms with E-state index in [1.165, 1.54) is 12.8 Å². The molecule has 1 fully saturated rings. The average molecular weight is 339 g/mol. The van der Waals surface area contributed by atoms with Gasteiger partial charge in [-0.05, 0) is 42.7 Å². The number of hydrogen-bond donors (Lipinski definition) is 1. The number of aromatic nitrogens is 1. The van der Waals surface area contributed by atoms with Crippen LogP contribution in [0.4, 0.5) is 5.69 Å². The van der Waals surface area contributed by atoms with Crippen molar-refractivity contribution in [2.45, 2.75) is 32.2 Å². The number of likely N-dealkylation sites (tertiary alicyclic amines) is 1. The van der Waals surface area contributed by atoms with E-state index < -0.39 is 0 Å². The highest BCUT2D eigenvalue weighted by atomic mass is 16.5. The third-order valence-electron chi connectivity index (χ3n) is 4.53. The Hall–Kier alpha value is -2.56. The zero-order chi connectivity index (χ0) is 17.5. The van der Waals surface area contributed by atoms with Crippen LogP contribution in [0.5, 0.6) is 5.75 Å². The van der Waals surface area contributed by atoms with Crippen LogP contribution < -0.4 is 10.1 Å². The van der Waals surface area contributed by atoms with Gasteiger partial charge in [0.15, 0.2) is 0 Å². The molecule has 0 spiro atoms. The zero-order valence-corrected chi connectivity index (χ0v) is 14.7. The Balaban J connectivity index is 1.56. The molecule has 1 aliphatic heterocycles. The van der Waals surface area contributed by atoms with E-state index in [9.17, 15) is 4.79 Å². The molecule has 1 N–H and O–H groups in total. The van der Waals surface area contributed by atoms with Crippen molar-refractivity contribution in [3.05, 3.63) is 53.9 Å². The van der Waals surface area contributed by atoms with Crippen molar-refractivity contribution in [2.24, 2.45) is 0 Å². The molecule has 1 aromatic heterocycles. The van der Waals surface area contributed by atoms with Crippen LogP contribution in [0.2, 0.25) is 0 Å². The van der Waals surface area contributed by atoms with Crippen LogP contribution in [-0.4, -0.2) is 36.0 Å². The molecule has 1 aliphatic rings. The quantitative estimate of drug-likeness (QED) is 0.902. The maximum Gasteiger partial charge on any atom is 0.272 e. The number of amides is 1. The van der Waals surface area contributed by atoms with Gasteiger partial charge in [-0.15, -0.1) is 0 Å². The van der Waals surface area contributed by atoms with Gasteiger partial charge in [0.2, 0.25) is 0 Å². The number of nitrogens with one attached hydrogen (secondary N) is 1. The largest absolute Gasteiger partial charge is 0.497 e. The van der Waals surface area contributed by atoms with Gasteiger partial charge in [-0.2, -0.15) is 0 Å². The lowest BCUT2D eigenvalue weighted by Gasteiger charge is -2.19. The molecule has 0 radical (unpaired) electrons. The molecule has 0 bridgehead atoms. The van der Waals surface area contributed by atoms with Crippen LogP contribution in [-0.2, 0) is 6.54 Å². The van der Waals surface area contributed by atoms with Gasteiger partial charge >= 0.3 is 0 Å². The highest BCUT2D eigenvalue weighted by molar-refractivity contribution is 5.92. The second-order valence-electron chi connectivity index (χ2n) is 6.34. The van der Waals surface area contributed by atoms with Gasteiger partial charge in [0.05, 0.1) is 19.0 Å². The van der Waals surface area contributed by atoms with Crippen molar-refractivity contribution in [1.82, 2.24) is 9.88 Å². The number of pyridine rings is 1. The first-order valence-electron chi connectivity index (χ1n) is 8.88. The lowest BCUT2D eigenvalue weighted by molar-refractivity contribution is 0.0756. The summed E-state index contributed by atoms with van der Waals surface area (Å²) in [6.07, 6.45) is 6.34. The molecule has 25 heavy (non-hydrogen) atoms. The summed E-state index contributed by atoms with van der Waals surface area (Å²) in [6, 6.07) is 11.7. The van der Waals surface area contributed by atoms with E-state index in [0.717, 1.165) is 42.9 Å². The lowest BCUT2D eigenvalue weighted by Crippen LogP contribution is -2.32. The smallest absolute Gasteiger partial charge is 0.272 e. The first kappa shape index (κ1) is 17.3. The molecule has 2 heterocycles. The molecule has 1 saturated heterocycles. The van der Waals surface area contributed by atoms with Crippen LogP contribution in [0.3, 0.4) is 0 Å². The second kappa shape index (κ2) is 8.51. The fraction of sp³-hybridized carbons (Fsp3) is 0.400. The van der Waals surface area contributed by atoms with Gasteiger partial charge in [-0.3, -0.25) is 4.79 Å². The number of benzene rings is 1. The molecule has 3 rings (SSSR count). The van der Waals surface area contributed by atoms with E-state index in [1.54, 1.807) is 13.3 Å². The summed E-state index contributed by atoms with van der Waals surface area (Å²) in [4.78, 5) is 18.8. The number of carbonyl (C=O) groups is 1. The number of methoxy groups -OCH3 is 1. The monoisotopic (exact) mass is 339 g/mol. The van der Waals surface area contributed by atoms with E-state index in [4.69, 9.17) is 4.74 Å². The van der Waals surface area contributed by atoms with Gasteiger partial charge < -0.3 is 15.0 Å². The number of nitrogens with zero attached hydrogens (tertiary/aromatic N) is 2. The van der Waals surface area contributed by atoms with Crippen LogP contribution in [0.25, 0.3) is 0 Å². The highest BCUT2D eigenvalue weighted by Gasteiger charge is 2.18. The maximum atomic E-state index is 12.5. The fourth-order valence-corrected chi connectivity index (χ4v) is 3.01. The van der Waals surface area contributed by atoms with Crippen molar-refractivity contribution >= 4 is 11.6 Å². The predicted octanol–water partition coefficient (Wildman–Crippen LogP) is 3.72. The normalized spacial score (nSPS) is 14.7. The summed E-state index contributed by atoms with van der Waals surface area (Å²) < 4.78 is 5.16. The molecule has 0 aliphatic carbocycles. The Morgan fingerprint density at radius 2 is 1.80 bits per heavy atom. The molecule has 0 atom stereocenters. The Labute approximate surface area is 149 Å². The molecule has 0 unspecified atom stereocenters. The maximum absolute atomic E-state index is 12.5. The third-order valence-corrected chi connectivity index (χ3v) is 4.53. The van der Waals surface area contributed by atoms with Crippen LogP contribution in [0.1, 0.15) is 41.7 Å². The standard InChI is InChI=1S/C20H25N3O2/c1-25-18-9-6-16(7-10-18)14-21-17-8-11-19(22-15-17)20(24)23-12-4-2-3-5-13-23/h6-11,15,21H,2-5,12-14H2,1H3. The highest BCUT2D eigenvalue weighted by Crippen LogP contribution is 2.15. The van der Waals surface area contributed by atoms with Crippen LogP contribution in [0, 0.1) is 0 Å². The number of ether oxygens (including phenoxy) is 1. The molecule has 5 nitrogen and oxygen atoms in total. The van der Waals surface area contributed by atoms with Gasteiger partial charge in [0.25, 0.3) is 5.91 Å². The Morgan fingerprint density at radius 1 is 1.08 bits per heavy atom. The summed E-state index contributed by atoms with van der Waals surface area (Å²) >= 11 is 0. The third kappa shape index (κ3) is 4.72. The Bertz CT molecular complexity index is 675. The van der Waals surface area contributed by atoms with Crippen molar-refractivity contribution in [1.29, 1.82) is 0 Å².